The van der Waals surface area contributed by atoms with Crippen molar-refractivity contribution in [3.63, 3.8) is 0 Å². The summed E-state index contributed by atoms with van der Waals surface area (Å²) >= 11 is 0. The van der Waals surface area contributed by atoms with Gasteiger partial charge in [0.05, 0.1) is 18.4 Å². The number of nitrogens with two attached hydrogens (primary N) is 1. The van der Waals surface area contributed by atoms with Crippen LogP contribution in [0.4, 0.5) is 0 Å². The molecule has 1 aromatic heterocycles. The molecule has 2 N–H and O–H groups in total. The molecule has 4 heteroatoms. The quantitative estimate of drug-likeness (QED) is 0.739. The maximum absolute atomic E-state index is 5.68. The molecule has 2 heterocycles. The molecule has 0 fully saturated rings. The number of aromatic nitrogens is 2. The van der Waals surface area contributed by atoms with E-state index in [0.717, 1.165) is 32.6 Å². The van der Waals surface area contributed by atoms with E-state index in [1.54, 1.807) is 0 Å². The fourth-order valence-electron chi connectivity index (χ4n) is 1.99. The zero-order chi connectivity index (χ0) is 10.7. The van der Waals surface area contributed by atoms with Gasteiger partial charge >= 0.3 is 0 Å². The minimum absolute atomic E-state index is 0.588. The van der Waals surface area contributed by atoms with Crippen LogP contribution in [-0.4, -0.2) is 27.8 Å². The largest absolute Gasteiger partial charge is 0.326 e. The smallest absolute Gasteiger partial charge is 0.0569 e. The highest BCUT2D eigenvalue weighted by Gasteiger charge is 2.18. The number of hydrogen-bond acceptors (Lipinski definition) is 3. The maximum atomic E-state index is 5.68. The summed E-state index contributed by atoms with van der Waals surface area (Å²) in [6.45, 7) is 8.45. The van der Waals surface area contributed by atoms with Gasteiger partial charge in [-0.3, -0.25) is 9.58 Å². The summed E-state index contributed by atoms with van der Waals surface area (Å²) in [7, 11) is 0. The molecule has 0 spiro atoms. The Labute approximate surface area is 90.4 Å². The van der Waals surface area contributed by atoms with Gasteiger partial charge in [-0.1, -0.05) is 6.08 Å². The van der Waals surface area contributed by atoms with Gasteiger partial charge in [-0.15, -0.1) is 6.58 Å². The van der Waals surface area contributed by atoms with Crippen LogP contribution in [0.25, 0.3) is 0 Å². The van der Waals surface area contributed by atoms with Crippen molar-refractivity contribution in [2.75, 3.05) is 13.1 Å². The average Bonchev–Trinajstić information content (AvgIpc) is 2.68. The van der Waals surface area contributed by atoms with Gasteiger partial charge in [-0.2, -0.15) is 5.10 Å². The Balaban J connectivity index is 2.06. The molecular formula is C11H18N4. The van der Waals surface area contributed by atoms with Crippen LogP contribution in [0.15, 0.2) is 18.9 Å². The standard InChI is InChI=1S/C11H18N4/c1-2-3-4-14-5-6-15-11(9-14)10(7-12)8-13-15/h2,8H,1,3-7,9,12H2. The highest BCUT2D eigenvalue weighted by Crippen LogP contribution is 2.16. The zero-order valence-electron chi connectivity index (χ0n) is 9.02. The van der Waals surface area contributed by atoms with Gasteiger partial charge in [0.2, 0.25) is 0 Å². The summed E-state index contributed by atoms with van der Waals surface area (Å²) in [4.78, 5) is 2.43. The molecule has 0 atom stereocenters. The van der Waals surface area contributed by atoms with E-state index < -0.39 is 0 Å². The average molecular weight is 206 g/mol. The van der Waals surface area contributed by atoms with E-state index in [1.807, 2.05) is 12.3 Å². The molecule has 0 aromatic carbocycles. The summed E-state index contributed by atoms with van der Waals surface area (Å²) in [6.07, 6.45) is 4.91. The van der Waals surface area contributed by atoms with Gasteiger partial charge in [-0.05, 0) is 6.42 Å². The van der Waals surface area contributed by atoms with E-state index in [9.17, 15) is 0 Å². The molecule has 1 aromatic rings. The van der Waals surface area contributed by atoms with Gasteiger partial charge in [0, 0.05) is 31.7 Å². The lowest BCUT2D eigenvalue weighted by molar-refractivity contribution is 0.216. The van der Waals surface area contributed by atoms with Crippen molar-refractivity contribution in [2.45, 2.75) is 26.1 Å². The van der Waals surface area contributed by atoms with E-state index in [0.29, 0.717) is 6.54 Å². The SMILES string of the molecule is C=CCCN1CCn2ncc(CN)c2C1. The predicted octanol–water partition coefficient (Wildman–Crippen LogP) is 0.733. The molecule has 82 valence electrons. The molecule has 4 nitrogen and oxygen atoms in total. The van der Waals surface area contributed by atoms with Crippen molar-refractivity contribution in [3.05, 3.63) is 30.1 Å². The first kappa shape index (κ1) is 10.4. The summed E-state index contributed by atoms with van der Waals surface area (Å²) in [6, 6.07) is 0. The van der Waals surface area contributed by atoms with Crippen LogP contribution in [-0.2, 0) is 19.6 Å². The van der Waals surface area contributed by atoms with Crippen LogP contribution in [0.3, 0.4) is 0 Å². The van der Waals surface area contributed by atoms with Crippen molar-refractivity contribution in [1.82, 2.24) is 14.7 Å². The number of rotatable bonds is 4. The third-order valence-corrected chi connectivity index (χ3v) is 2.91. The van der Waals surface area contributed by atoms with Crippen LogP contribution in [0, 0.1) is 0 Å². The van der Waals surface area contributed by atoms with Crippen LogP contribution < -0.4 is 5.73 Å². The molecule has 0 saturated carbocycles. The van der Waals surface area contributed by atoms with E-state index in [4.69, 9.17) is 5.73 Å². The van der Waals surface area contributed by atoms with Crippen molar-refractivity contribution in [2.24, 2.45) is 5.73 Å². The third kappa shape index (κ3) is 2.11. The summed E-state index contributed by atoms with van der Waals surface area (Å²) < 4.78 is 2.08. The molecule has 2 rings (SSSR count). The Bertz CT molecular complexity index is 329. The molecule has 0 bridgehead atoms. The van der Waals surface area contributed by atoms with Crippen molar-refractivity contribution >= 4 is 0 Å². The second-order valence-corrected chi connectivity index (χ2v) is 3.90. The van der Waals surface area contributed by atoms with Crippen LogP contribution in [0.1, 0.15) is 17.7 Å². The molecule has 1 aliphatic rings. The van der Waals surface area contributed by atoms with Crippen LogP contribution in [0.2, 0.25) is 0 Å². The number of hydrogen-bond donors (Lipinski definition) is 1. The van der Waals surface area contributed by atoms with Crippen molar-refractivity contribution < 1.29 is 0 Å². The lowest BCUT2D eigenvalue weighted by atomic mass is 10.2. The minimum atomic E-state index is 0.588. The van der Waals surface area contributed by atoms with Gasteiger partial charge in [-0.25, -0.2) is 0 Å². The monoisotopic (exact) mass is 206 g/mol. The Hall–Kier alpha value is -1.13. The Morgan fingerprint density at radius 1 is 1.53 bits per heavy atom. The lowest BCUT2D eigenvalue weighted by Crippen LogP contribution is -2.35. The van der Waals surface area contributed by atoms with E-state index in [1.165, 1.54) is 11.3 Å². The fourth-order valence-corrected chi connectivity index (χ4v) is 1.99. The van der Waals surface area contributed by atoms with Crippen molar-refractivity contribution in [3.8, 4) is 0 Å². The predicted molar refractivity (Wildman–Crippen MR) is 60.2 cm³/mol. The topological polar surface area (TPSA) is 47.1 Å². The second kappa shape index (κ2) is 4.59. The Morgan fingerprint density at radius 2 is 2.40 bits per heavy atom. The molecule has 0 aliphatic carbocycles. The third-order valence-electron chi connectivity index (χ3n) is 2.91. The summed E-state index contributed by atoms with van der Waals surface area (Å²) in [5, 5.41) is 4.33. The first-order valence-electron chi connectivity index (χ1n) is 5.42. The lowest BCUT2D eigenvalue weighted by Gasteiger charge is -2.27. The normalized spacial score (nSPS) is 16.3. The van der Waals surface area contributed by atoms with Gasteiger partial charge in [0.1, 0.15) is 0 Å². The highest BCUT2D eigenvalue weighted by atomic mass is 15.3. The second-order valence-electron chi connectivity index (χ2n) is 3.90. The number of fused-ring (bicyclic) bond motifs is 1. The fraction of sp³-hybridized carbons (Fsp3) is 0.545. The first-order chi connectivity index (χ1) is 7.35. The summed E-state index contributed by atoms with van der Waals surface area (Å²) in [5.41, 5.74) is 8.14. The van der Waals surface area contributed by atoms with E-state index in [2.05, 4.69) is 21.3 Å². The Kier molecular flexibility index (Phi) is 3.18. The molecule has 0 unspecified atom stereocenters. The van der Waals surface area contributed by atoms with E-state index in [-0.39, 0.29) is 0 Å². The van der Waals surface area contributed by atoms with E-state index >= 15 is 0 Å². The highest BCUT2D eigenvalue weighted by molar-refractivity contribution is 5.18. The van der Waals surface area contributed by atoms with Crippen LogP contribution >= 0.6 is 0 Å². The molecule has 15 heavy (non-hydrogen) atoms. The molecular weight excluding hydrogens is 188 g/mol. The molecule has 1 aliphatic heterocycles. The summed E-state index contributed by atoms with van der Waals surface area (Å²) in [5.74, 6) is 0. The molecule has 0 saturated heterocycles. The van der Waals surface area contributed by atoms with Gasteiger partial charge < -0.3 is 5.73 Å². The minimum Gasteiger partial charge on any atom is -0.326 e. The maximum Gasteiger partial charge on any atom is 0.0569 e. The van der Waals surface area contributed by atoms with Gasteiger partial charge in [0.25, 0.3) is 0 Å². The van der Waals surface area contributed by atoms with Gasteiger partial charge in [0.15, 0.2) is 0 Å². The number of nitrogens with zero attached hydrogens (tertiary/aromatic N) is 3. The molecule has 0 amide bonds. The Morgan fingerprint density at radius 3 is 3.13 bits per heavy atom. The van der Waals surface area contributed by atoms with Crippen molar-refractivity contribution in [1.29, 1.82) is 0 Å². The van der Waals surface area contributed by atoms with Crippen LogP contribution in [0.5, 0.6) is 0 Å². The molecule has 0 radical (unpaired) electrons. The first-order valence-corrected chi connectivity index (χ1v) is 5.42. The zero-order valence-corrected chi connectivity index (χ0v) is 9.02.